The number of hydrogen-bond acceptors (Lipinski definition) is 2. The maximum absolute atomic E-state index is 11.1. The van der Waals surface area contributed by atoms with Crippen LogP contribution in [-0.4, -0.2) is 25.7 Å². The molecule has 1 rings (SSSR count). The molecule has 0 saturated heterocycles. The largest absolute Gasteiger partial charge is 0.381 e. The molecule has 0 aromatic rings. The molecule has 0 bridgehead atoms. The van der Waals surface area contributed by atoms with Crippen LogP contribution in [-0.2, 0) is 9.53 Å². The van der Waals surface area contributed by atoms with Crippen molar-refractivity contribution in [1.82, 2.24) is 5.32 Å². The van der Waals surface area contributed by atoms with Crippen LogP contribution >= 0.6 is 0 Å². The van der Waals surface area contributed by atoms with Gasteiger partial charge in [0.1, 0.15) is 0 Å². The van der Waals surface area contributed by atoms with E-state index in [2.05, 4.69) is 18.8 Å². The summed E-state index contributed by atoms with van der Waals surface area (Å²) in [5, 5.41) is 2.88. The zero-order valence-electron chi connectivity index (χ0n) is 9.71. The van der Waals surface area contributed by atoms with E-state index in [-0.39, 0.29) is 11.3 Å². The molecule has 15 heavy (non-hydrogen) atoms. The zero-order valence-corrected chi connectivity index (χ0v) is 9.71. The topological polar surface area (TPSA) is 38.3 Å². The molecular weight excluding hydrogens is 190 g/mol. The summed E-state index contributed by atoms with van der Waals surface area (Å²) in [6.45, 7) is 6.41. The number of methoxy groups -OCH3 is 1. The third-order valence-electron chi connectivity index (χ3n) is 3.35. The lowest BCUT2D eigenvalue weighted by Gasteiger charge is -2.36. The van der Waals surface area contributed by atoms with Gasteiger partial charge >= 0.3 is 0 Å². The normalized spacial score (nSPS) is 30.9. The molecule has 0 atom stereocenters. The first-order valence-corrected chi connectivity index (χ1v) is 5.53. The van der Waals surface area contributed by atoms with E-state index in [9.17, 15) is 4.79 Å². The second-order valence-electron chi connectivity index (χ2n) is 4.67. The lowest BCUT2D eigenvalue weighted by Crippen LogP contribution is -2.38. The van der Waals surface area contributed by atoms with Gasteiger partial charge in [-0.25, -0.2) is 0 Å². The number of nitrogens with one attached hydrogen (secondary N) is 1. The van der Waals surface area contributed by atoms with Gasteiger partial charge in [0.15, 0.2) is 0 Å². The van der Waals surface area contributed by atoms with E-state index in [4.69, 9.17) is 4.74 Å². The zero-order chi connectivity index (χ0) is 11.3. The van der Waals surface area contributed by atoms with Crippen LogP contribution in [0.3, 0.4) is 0 Å². The average Bonchev–Trinajstić information content (AvgIpc) is 2.27. The summed E-state index contributed by atoms with van der Waals surface area (Å²) in [6.07, 6.45) is 6.15. The monoisotopic (exact) mass is 211 g/mol. The van der Waals surface area contributed by atoms with E-state index in [1.54, 1.807) is 7.11 Å². The van der Waals surface area contributed by atoms with E-state index in [1.807, 2.05) is 0 Å². The molecule has 0 radical (unpaired) electrons. The van der Waals surface area contributed by atoms with Crippen molar-refractivity contribution >= 4 is 5.91 Å². The van der Waals surface area contributed by atoms with Crippen molar-refractivity contribution in [2.75, 3.05) is 13.7 Å². The third-order valence-corrected chi connectivity index (χ3v) is 3.35. The van der Waals surface area contributed by atoms with E-state index in [0.29, 0.717) is 6.10 Å². The molecular formula is C12H21NO2. The number of amides is 1. The SMILES string of the molecule is C=CC(=O)NCC1(C)CCC(OC)CC1. The molecule has 0 aromatic heterocycles. The Morgan fingerprint density at radius 3 is 2.67 bits per heavy atom. The maximum atomic E-state index is 11.1. The van der Waals surface area contributed by atoms with Crippen molar-refractivity contribution in [1.29, 1.82) is 0 Å². The number of hydrogen-bond donors (Lipinski definition) is 1. The average molecular weight is 211 g/mol. The first-order valence-electron chi connectivity index (χ1n) is 5.53. The van der Waals surface area contributed by atoms with Crippen LogP contribution in [0, 0.1) is 5.41 Å². The van der Waals surface area contributed by atoms with Gasteiger partial charge in [-0.3, -0.25) is 4.79 Å². The van der Waals surface area contributed by atoms with E-state index in [0.717, 1.165) is 32.2 Å². The van der Waals surface area contributed by atoms with Crippen LogP contribution in [0.5, 0.6) is 0 Å². The number of ether oxygens (including phenoxy) is 1. The summed E-state index contributed by atoms with van der Waals surface area (Å²) in [5.74, 6) is -0.0786. The summed E-state index contributed by atoms with van der Waals surface area (Å²) in [5.41, 5.74) is 0.230. The smallest absolute Gasteiger partial charge is 0.243 e. The molecule has 86 valence electrons. The van der Waals surface area contributed by atoms with E-state index < -0.39 is 0 Å². The quantitative estimate of drug-likeness (QED) is 0.721. The number of rotatable bonds is 4. The fourth-order valence-corrected chi connectivity index (χ4v) is 2.07. The standard InChI is InChI=1S/C12H21NO2/c1-4-11(14)13-9-12(2)7-5-10(15-3)6-8-12/h4,10H,1,5-9H2,2-3H3,(H,13,14). The summed E-state index contributed by atoms with van der Waals surface area (Å²) in [6, 6.07) is 0. The molecule has 0 heterocycles. The minimum atomic E-state index is -0.0786. The Labute approximate surface area is 91.9 Å². The number of carbonyl (C=O) groups is 1. The molecule has 3 heteroatoms. The Balaban J connectivity index is 2.34. The molecule has 1 amide bonds. The summed E-state index contributed by atoms with van der Waals surface area (Å²) in [4.78, 5) is 11.1. The van der Waals surface area contributed by atoms with E-state index >= 15 is 0 Å². The molecule has 1 saturated carbocycles. The van der Waals surface area contributed by atoms with Gasteiger partial charge in [0, 0.05) is 13.7 Å². The maximum Gasteiger partial charge on any atom is 0.243 e. The Morgan fingerprint density at radius 1 is 1.60 bits per heavy atom. The minimum Gasteiger partial charge on any atom is -0.381 e. The highest BCUT2D eigenvalue weighted by atomic mass is 16.5. The fraction of sp³-hybridized carbons (Fsp3) is 0.750. The predicted molar refractivity (Wildman–Crippen MR) is 60.6 cm³/mol. The molecule has 1 fully saturated rings. The Morgan fingerprint density at radius 2 is 2.20 bits per heavy atom. The van der Waals surface area contributed by atoms with Crippen molar-refractivity contribution < 1.29 is 9.53 Å². The second kappa shape index (κ2) is 5.31. The summed E-state index contributed by atoms with van der Waals surface area (Å²) >= 11 is 0. The highest BCUT2D eigenvalue weighted by Gasteiger charge is 2.31. The van der Waals surface area contributed by atoms with Crippen LogP contribution in [0.15, 0.2) is 12.7 Å². The molecule has 1 aliphatic rings. The van der Waals surface area contributed by atoms with Gasteiger partial charge in [0.05, 0.1) is 6.10 Å². The van der Waals surface area contributed by atoms with Crippen LogP contribution in [0.25, 0.3) is 0 Å². The lowest BCUT2D eigenvalue weighted by atomic mass is 9.74. The van der Waals surface area contributed by atoms with Gasteiger partial charge in [0.25, 0.3) is 0 Å². The first kappa shape index (κ1) is 12.2. The van der Waals surface area contributed by atoms with Crippen LogP contribution in [0.2, 0.25) is 0 Å². The van der Waals surface area contributed by atoms with Crippen LogP contribution in [0.1, 0.15) is 32.6 Å². The Hall–Kier alpha value is -0.830. The Bertz CT molecular complexity index is 230. The molecule has 0 spiro atoms. The van der Waals surface area contributed by atoms with Gasteiger partial charge in [0.2, 0.25) is 5.91 Å². The van der Waals surface area contributed by atoms with Gasteiger partial charge < -0.3 is 10.1 Å². The highest BCUT2D eigenvalue weighted by Crippen LogP contribution is 2.36. The van der Waals surface area contributed by atoms with Gasteiger partial charge in [-0.1, -0.05) is 13.5 Å². The minimum absolute atomic E-state index is 0.0786. The van der Waals surface area contributed by atoms with Crippen molar-refractivity contribution in [2.45, 2.75) is 38.7 Å². The molecule has 0 unspecified atom stereocenters. The van der Waals surface area contributed by atoms with E-state index in [1.165, 1.54) is 6.08 Å². The van der Waals surface area contributed by atoms with Crippen LogP contribution in [0.4, 0.5) is 0 Å². The Kier molecular flexibility index (Phi) is 4.33. The van der Waals surface area contributed by atoms with Gasteiger partial charge in [-0.05, 0) is 37.2 Å². The molecule has 0 aliphatic heterocycles. The van der Waals surface area contributed by atoms with Gasteiger partial charge in [-0.15, -0.1) is 0 Å². The van der Waals surface area contributed by atoms with Crippen molar-refractivity contribution in [3.8, 4) is 0 Å². The van der Waals surface area contributed by atoms with Gasteiger partial charge in [-0.2, -0.15) is 0 Å². The second-order valence-corrected chi connectivity index (χ2v) is 4.67. The third kappa shape index (κ3) is 3.67. The van der Waals surface area contributed by atoms with Crippen molar-refractivity contribution in [3.63, 3.8) is 0 Å². The summed E-state index contributed by atoms with van der Waals surface area (Å²) in [7, 11) is 1.77. The van der Waals surface area contributed by atoms with Crippen molar-refractivity contribution in [2.24, 2.45) is 5.41 Å². The first-order chi connectivity index (χ1) is 7.09. The molecule has 1 N–H and O–H groups in total. The fourth-order valence-electron chi connectivity index (χ4n) is 2.07. The summed E-state index contributed by atoms with van der Waals surface area (Å²) < 4.78 is 5.33. The van der Waals surface area contributed by atoms with Crippen molar-refractivity contribution in [3.05, 3.63) is 12.7 Å². The molecule has 0 aromatic carbocycles. The molecule has 3 nitrogen and oxygen atoms in total. The number of carbonyl (C=O) groups excluding carboxylic acids is 1. The molecule has 1 aliphatic carbocycles. The predicted octanol–water partition coefficient (Wildman–Crippen LogP) is 1.88. The highest BCUT2D eigenvalue weighted by molar-refractivity contribution is 5.86. The van der Waals surface area contributed by atoms with Crippen LogP contribution < -0.4 is 5.32 Å². The lowest BCUT2D eigenvalue weighted by molar-refractivity contribution is -0.117.